The molecular weight excluding hydrogens is 430 g/mol. The van der Waals surface area contributed by atoms with Crippen molar-refractivity contribution >= 4 is 21.8 Å². The van der Waals surface area contributed by atoms with Crippen LogP contribution in [-0.4, -0.2) is 52.3 Å². The molecule has 2 aromatic carbocycles. The van der Waals surface area contributed by atoms with Gasteiger partial charge < -0.3 is 9.47 Å². The molecule has 0 saturated heterocycles. The van der Waals surface area contributed by atoms with E-state index in [1.165, 1.54) is 77.1 Å². The van der Waals surface area contributed by atoms with Crippen molar-refractivity contribution in [3.05, 3.63) is 59.2 Å². The van der Waals surface area contributed by atoms with E-state index < -0.39 is 22.6 Å². The quantitative estimate of drug-likeness (QED) is 0.437. The molecule has 0 amide bonds. The Hall–Kier alpha value is -2.71. The standard InChI is InChI=1S/C24H29NO6S/c1-25(2)32(28,29)23-15-20(13-14-22(23)30-3)24(27)31-16-21(26)19-11-9-18(10-12-19)17-7-5-4-6-8-17/h9-15,17H,4-8,16H2,1-3H3. The second-order valence-electron chi connectivity index (χ2n) is 8.11. The van der Waals surface area contributed by atoms with Gasteiger partial charge in [-0.05, 0) is 42.5 Å². The predicted octanol–water partition coefficient (Wildman–Crippen LogP) is 4.03. The minimum atomic E-state index is -3.83. The van der Waals surface area contributed by atoms with E-state index in [2.05, 4.69) is 0 Å². The zero-order valence-electron chi connectivity index (χ0n) is 18.7. The number of benzene rings is 2. The molecule has 3 rings (SSSR count). The van der Waals surface area contributed by atoms with Gasteiger partial charge in [0.1, 0.15) is 10.6 Å². The minimum Gasteiger partial charge on any atom is -0.495 e. The van der Waals surface area contributed by atoms with Crippen molar-refractivity contribution in [1.82, 2.24) is 4.31 Å². The number of sulfonamides is 1. The molecular formula is C24H29NO6S. The number of ketones is 1. The van der Waals surface area contributed by atoms with Crippen LogP contribution >= 0.6 is 0 Å². The van der Waals surface area contributed by atoms with Crippen molar-refractivity contribution in [3.8, 4) is 5.75 Å². The van der Waals surface area contributed by atoms with E-state index in [0.29, 0.717) is 11.5 Å². The van der Waals surface area contributed by atoms with Gasteiger partial charge in [0.25, 0.3) is 0 Å². The molecule has 0 aliphatic heterocycles. The largest absolute Gasteiger partial charge is 0.495 e. The Morgan fingerprint density at radius 2 is 1.59 bits per heavy atom. The molecule has 32 heavy (non-hydrogen) atoms. The summed E-state index contributed by atoms with van der Waals surface area (Å²) in [6, 6.07) is 11.5. The maximum Gasteiger partial charge on any atom is 0.338 e. The Labute approximate surface area is 189 Å². The first kappa shape index (κ1) is 23.9. The van der Waals surface area contributed by atoms with Crippen molar-refractivity contribution in [2.24, 2.45) is 0 Å². The highest BCUT2D eigenvalue weighted by Crippen LogP contribution is 2.32. The molecule has 1 aliphatic rings. The van der Waals surface area contributed by atoms with E-state index in [0.717, 1.165) is 4.31 Å². The fourth-order valence-corrected chi connectivity index (χ4v) is 4.95. The number of carbonyl (C=O) groups excluding carboxylic acids is 2. The van der Waals surface area contributed by atoms with Crippen molar-refractivity contribution in [2.45, 2.75) is 42.9 Å². The number of carbonyl (C=O) groups is 2. The van der Waals surface area contributed by atoms with E-state index in [1.807, 2.05) is 12.1 Å². The van der Waals surface area contributed by atoms with Gasteiger partial charge in [0.15, 0.2) is 12.4 Å². The molecule has 0 spiro atoms. The SMILES string of the molecule is COc1ccc(C(=O)OCC(=O)c2ccc(C3CCCCC3)cc2)cc1S(=O)(=O)N(C)C. The van der Waals surface area contributed by atoms with Crippen LogP contribution in [0.3, 0.4) is 0 Å². The summed E-state index contributed by atoms with van der Waals surface area (Å²) < 4.78 is 36.3. The number of methoxy groups -OCH3 is 1. The summed E-state index contributed by atoms with van der Waals surface area (Å²) in [5, 5.41) is 0. The lowest BCUT2D eigenvalue weighted by atomic mass is 9.84. The molecule has 7 nitrogen and oxygen atoms in total. The Morgan fingerprint density at radius 3 is 2.19 bits per heavy atom. The molecule has 0 N–H and O–H groups in total. The molecule has 0 radical (unpaired) electrons. The summed E-state index contributed by atoms with van der Waals surface area (Å²) in [5.41, 5.74) is 1.74. The first-order valence-electron chi connectivity index (χ1n) is 10.6. The van der Waals surface area contributed by atoms with E-state index in [9.17, 15) is 18.0 Å². The van der Waals surface area contributed by atoms with Gasteiger partial charge in [0, 0.05) is 19.7 Å². The molecule has 2 aromatic rings. The summed E-state index contributed by atoms with van der Waals surface area (Å²) in [7, 11) is 0.291. The normalized spacial score (nSPS) is 14.9. The highest BCUT2D eigenvalue weighted by atomic mass is 32.2. The number of Topliss-reactive ketones (excluding diaryl/α,β-unsaturated/α-hetero) is 1. The van der Waals surface area contributed by atoms with Crippen LogP contribution in [0.4, 0.5) is 0 Å². The van der Waals surface area contributed by atoms with Crippen molar-refractivity contribution in [2.75, 3.05) is 27.8 Å². The van der Waals surface area contributed by atoms with Gasteiger partial charge in [-0.2, -0.15) is 0 Å². The fraction of sp³-hybridized carbons (Fsp3) is 0.417. The third-order valence-corrected chi connectivity index (χ3v) is 7.64. The third-order valence-electron chi connectivity index (χ3n) is 5.80. The average molecular weight is 460 g/mol. The van der Waals surface area contributed by atoms with Crippen molar-refractivity contribution in [1.29, 1.82) is 0 Å². The lowest BCUT2D eigenvalue weighted by Gasteiger charge is -2.22. The summed E-state index contributed by atoms with van der Waals surface area (Å²) in [6.45, 7) is -0.427. The van der Waals surface area contributed by atoms with Crippen LogP contribution < -0.4 is 4.74 Å². The molecule has 1 fully saturated rings. The average Bonchev–Trinajstić information content (AvgIpc) is 2.82. The van der Waals surface area contributed by atoms with Crippen LogP contribution in [0.25, 0.3) is 0 Å². The molecule has 0 atom stereocenters. The maximum atomic E-state index is 12.5. The van der Waals surface area contributed by atoms with Crippen molar-refractivity contribution in [3.63, 3.8) is 0 Å². The van der Waals surface area contributed by atoms with Gasteiger partial charge in [-0.25, -0.2) is 17.5 Å². The van der Waals surface area contributed by atoms with E-state index >= 15 is 0 Å². The third kappa shape index (κ3) is 5.37. The van der Waals surface area contributed by atoms with E-state index in [-0.39, 0.29) is 22.0 Å². The zero-order chi connectivity index (χ0) is 23.3. The van der Waals surface area contributed by atoms with Gasteiger partial charge in [0.05, 0.1) is 12.7 Å². The molecule has 0 aromatic heterocycles. The van der Waals surface area contributed by atoms with Gasteiger partial charge >= 0.3 is 5.97 Å². The second-order valence-corrected chi connectivity index (χ2v) is 10.2. The Balaban J connectivity index is 1.67. The first-order chi connectivity index (χ1) is 15.2. The van der Waals surface area contributed by atoms with Gasteiger partial charge in [-0.1, -0.05) is 43.5 Å². The van der Waals surface area contributed by atoms with Gasteiger partial charge in [-0.3, -0.25) is 4.79 Å². The predicted molar refractivity (Wildman–Crippen MR) is 121 cm³/mol. The number of ether oxygens (including phenoxy) is 2. The smallest absolute Gasteiger partial charge is 0.338 e. The summed E-state index contributed by atoms with van der Waals surface area (Å²) >= 11 is 0. The van der Waals surface area contributed by atoms with Gasteiger partial charge in [-0.15, -0.1) is 0 Å². The van der Waals surface area contributed by atoms with Crippen LogP contribution in [0.5, 0.6) is 5.75 Å². The first-order valence-corrected chi connectivity index (χ1v) is 12.1. The minimum absolute atomic E-state index is 0.0201. The van der Waals surface area contributed by atoms with Crippen LogP contribution in [-0.2, 0) is 14.8 Å². The Morgan fingerprint density at radius 1 is 0.969 bits per heavy atom. The molecule has 172 valence electrons. The van der Waals surface area contributed by atoms with E-state index in [4.69, 9.17) is 9.47 Å². The zero-order valence-corrected chi connectivity index (χ0v) is 19.5. The Bertz CT molecular complexity index is 1070. The summed E-state index contributed by atoms with van der Waals surface area (Å²) in [6.07, 6.45) is 6.13. The highest BCUT2D eigenvalue weighted by molar-refractivity contribution is 7.89. The molecule has 1 saturated carbocycles. The highest BCUT2D eigenvalue weighted by Gasteiger charge is 2.24. The molecule has 0 bridgehead atoms. The molecule has 1 aliphatic carbocycles. The van der Waals surface area contributed by atoms with Crippen LogP contribution in [0, 0.1) is 0 Å². The fourth-order valence-electron chi connectivity index (χ4n) is 3.88. The molecule has 8 heteroatoms. The second kappa shape index (κ2) is 10.3. The molecule has 0 heterocycles. The topological polar surface area (TPSA) is 90.0 Å². The summed E-state index contributed by atoms with van der Waals surface area (Å²) in [4.78, 5) is 24.8. The number of rotatable bonds is 8. The molecule has 0 unspecified atom stereocenters. The van der Waals surface area contributed by atoms with Crippen LogP contribution in [0.1, 0.15) is 64.3 Å². The Kier molecular flexibility index (Phi) is 7.69. The maximum absolute atomic E-state index is 12.5. The van der Waals surface area contributed by atoms with Crippen molar-refractivity contribution < 1.29 is 27.5 Å². The lowest BCUT2D eigenvalue weighted by molar-refractivity contribution is 0.0474. The van der Waals surface area contributed by atoms with Gasteiger partial charge in [0.2, 0.25) is 10.0 Å². The van der Waals surface area contributed by atoms with Crippen LogP contribution in [0.2, 0.25) is 0 Å². The number of hydrogen-bond acceptors (Lipinski definition) is 6. The number of hydrogen-bond donors (Lipinski definition) is 0. The van der Waals surface area contributed by atoms with Crippen LogP contribution in [0.15, 0.2) is 47.4 Å². The number of esters is 1. The van der Waals surface area contributed by atoms with E-state index in [1.54, 1.807) is 12.1 Å². The number of nitrogens with zero attached hydrogens (tertiary/aromatic N) is 1. The summed E-state index contributed by atoms with van der Waals surface area (Å²) in [5.74, 6) is -0.434. The monoisotopic (exact) mass is 459 g/mol. The lowest BCUT2D eigenvalue weighted by Crippen LogP contribution is -2.23.